The van der Waals surface area contributed by atoms with E-state index in [0.717, 1.165) is 12.1 Å². The molecule has 0 aliphatic carbocycles. The molecular formula is C20H21N3O4. The number of hydrogen-bond donors (Lipinski definition) is 1. The largest absolute Gasteiger partial charge is 0.320 e. The van der Waals surface area contributed by atoms with Crippen molar-refractivity contribution >= 4 is 28.9 Å². The summed E-state index contributed by atoms with van der Waals surface area (Å²) in [7, 11) is 0. The fourth-order valence-electron chi connectivity index (χ4n) is 3.24. The minimum absolute atomic E-state index is 0.0844. The van der Waals surface area contributed by atoms with Gasteiger partial charge in [-0.15, -0.1) is 0 Å². The van der Waals surface area contributed by atoms with Gasteiger partial charge in [-0.05, 0) is 36.6 Å². The highest BCUT2D eigenvalue weighted by Gasteiger charge is 2.36. The highest BCUT2D eigenvalue weighted by molar-refractivity contribution is 6.04. The summed E-state index contributed by atoms with van der Waals surface area (Å²) in [6.45, 7) is 4.01. The molecule has 0 bridgehead atoms. The maximum atomic E-state index is 12.7. The topological polar surface area (TPSA) is 92.6 Å². The number of benzene rings is 2. The molecule has 3 rings (SSSR count). The van der Waals surface area contributed by atoms with Gasteiger partial charge in [0.25, 0.3) is 5.69 Å². The molecule has 7 heteroatoms. The van der Waals surface area contributed by atoms with Gasteiger partial charge in [-0.25, -0.2) is 0 Å². The highest BCUT2D eigenvalue weighted by atomic mass is 16.6. The van der Waals surface area contributed by atoms with Crippen molar-refractivity contribution in [3.63, 3.8) is 0 Å². The molecule has 0 saturated carbocycles. The molecule has 1 aliphatic heterocycles. The first kappa shape index (κ1) is 18.6. The van der Waals surface area contributed by atoms with E-state index in [1.54, 1.807) is 24.0 Å². The van der Waals surface area contributed by atoms with Gasteiger partial charge in [0.05, 0.1) is 10.8 Å². The fraction of sp³-hybridized carbons (Fsp3) is 0.300. The second-order valence-electron chi connectivity index (χ2n) is 6.64. The van der Waals surface area contributed by atoms with E-state index in [9.17, 15) is 19.7 Å². The summed E-state index contributed by atoms with van der Waals surface area (Å²) < 4.78 is 0. The minimum Gasteiger partial charge on any atom is -0.320 e. The first-order valence-electron chi connectivity index (χ1n) is 8.85. The second kappa shape index (κ2) is 7.57. The van der Waals surface area contributed by atoms with Crippen LogP contribution in [0.5, 0.6) is 0 Å². The van der Waals surface area contributed by atoms with Gasteiger partial charge in [0.1, 0.15) is 5.69 Å². The Labute approximate surface area is 157 Å². The van der Waals surface area contributed by atoms with Crippen LogP contribution in [-0.2, 0) is 16.0 Å². The third-order valence-electron chi connectivity index (χ3n) is 4.85. The summed E-state index contributed by atoms with van der Waals surface area (Å²) in [5.41, 5.74) is 2.57. The molecule has 27 heavy (non-hydrogen) atoms. The van der Waals surface area contributed by atoms with Crippen molar-refractivity contribution in [1.29, 1.82) is 0 Å². The van der Waals surface area contributed by atoms with Crippen LogP contribution >= 0.6 is 0 Å². The van der Waals surface area contributed by atoms with E-state index in [1.165, 1.54) is 11.6 Å². The number of amides is 2. The molecule has 2 aromatic rings. The minimum atomic E-state index is -0.553. The predicted molar refractivity (Wildman–Crippen MR) is 103 cm³/mol. The van der Waals surface area contributed by atoms with Gasteiger partial charge in [0.15, 0.2) is 0 Å². The number of hydrogen-bond acceptors (Lipinski definition) is 4. The second-order valence-corrected chi connectivity index (χ2v) is 6.64. The molecule has 7 nitrogen and oxygen atoms in total. The van der Waals surface area contributed by atoms with Crippen molar-refractivity contribution in [2.24, 2.45) is 5.92 Å². The Bertz CT molecular complexity index is 893. The normalized spacial score (nSPS) is 16.4. The van der Waals surface area contributed by atoms with E-state index in [2.05, 4.69) is 12.2 Å². The van der Waals surface area contributed by atoms with Crippen molar-refractivity contribution in [3.8, 4) is 0 Å². The third-order valence-corrected chi connectivity index (χ3v) is 4.85. The lowest BCUT2D eigenvalue weighted by molar-refractivity contribution is -0.384. The summed E-state index contributed by atoms with van der Waals surface area (Å²) in [5.74, 6) is -1.06. The van der Waals surface area contributed by atoms with Gasteiger partial charge in [-0.3, -0.25) is 19.7 Å². The quantitative estimate of drug-likeness (QED) is 0.647. The number of nitro benzene ring substituents is 1. The number of carbonyl (C=O) groups is 2. The van der Waals surface area contributed by atoms with E-state index < -0.39 is 10.8 Å². The number of aryl methyl sites for hydroxylation is 2. The number of nitrogens with one attached hydrogen (secondary N) is 1. The Morgan fingerprint density at radius 3 is 2.59 bits per heavy atom. The lowest BCUT2D eigenvalue weighted by atomic mass is 10.1. The molecule has 2 amide bonds. The van der Waals surface area contributed by atoms with Crippen LogP contribution in [0.25, 0.3) is 0 Å². The lowest BCUT2D eigenvalue weighted by Crippen LogP contribution is -2.28. The van der Waals surface area contributed by atoms with Crippen molar-refractivity contribution in [3.05, 3.63) is 63.7 Å². The molecule has 1 aliphatic rings. The first-order chi connectivity index (χ1) is 12.9. The van der Waals surface area contributed by atoms with Crippen LogP contribution in [0, 0.1) is 23.0 Å². The molecule has 1 unspecified atom stereocenters. The monoisotopic (exact) mass is 367 g/mol. The van der Waals surface area contributed by atoms with Gasteiger partial charge in [-0.2, -0.15) is 0 Å². The Morgan fingerprint density at radius 2 is 1.96 bits per heavy atom. The molecule has 1 heterocycles. The number of para-hydroxylation sites is 1. The molecule has 140 valence electrons. The number of nitro groups is 1. The standard InChI is InChI=1S/C20H21N3O4/c1-3-14-7-9-16(10-8-14)22-12-15(11-18(22)24)20(25)21-19-13(2)5-4-6-17(19)23(26)27/h4-10,15H,3,11-12H2,1-2H3,(H,21,25). The van der Waals surface area contributed by atoms with Gasteiger partial charge in [0.2, 0.25) is 11.8 Å². The first-order valence-corrected chi connectivity index (χ1v) is 8.85. The Hall–Kier alpha value is -3.22. The van der Waals surface area contributed by atoms with E-state index in [0.29, 0.717) is 5.56 Å². The zero-order chi connectivity index (χ0) is 19.6. The SMILES string of the molecule is CCc1ccc(N2CC(C(=O)Nc3c(C)cccc3[N+](=O)[O-])CC2=O)cc1. The number of anilines is 2. The van der Waals surface area contributed by atoms with Crippen LogP contribution in [0.1, 0.15) is 24.5 Å². The maximum Gasteiger partial charge on any atom is 0.293 e. The zero-order valence-electron chi connectivity index (χ0n) is 15.3. The van der Waals surface area contributed by atoms with Crippen LogP contribution in [0.3, 0.4) is 0 Å². The van der Waals surface area contributed by atoms with Crippen molar-refractivity contribution in [1.82, 2.24) is 0 Å². The average molecular weight is 367 g/mol. The smallest absolute Gasteiger partial charge is 0.293 e. The fourth-order valence-corrected chi connectivity index (χ4v) is 3.24. The van der Waals surface area contributed by atoms with Crippen molar-refractivity contribution < 1.29 is 14.5 Å². The van der Waals surface area contributed by atoms with Gasteiger partial charge in [-0.1, -0.05) is 31.2 Å². The van der Waals surface area contributed by atoms with Crippen LogP contribution < -0.4 is 10.2 Å². The molecule has 2 aromatic carbocycles. The summed E-state index contributed by atoms with van der Waals surface area (Å²) >= 11 is 0. The third kappa shape index (κ3) is 3.81. The number of rotatable bonds is 5. The number of carbonyl (C=O) groups excluding carboxylic acids is 2. The highest BCUT2D eigenvalue weighted by Crippen LogP contribution is 2.30. The molecule has 1 saturated heterocycles. The van der Waals surface area contributed by atoms with E-state index >= 15 is 0 Å². The lowest BCUT2D eigenvalue weighted by Gasteiger charge is -2.17. The van der Waals surface area contributed by atoms with E-state index in [1.807, 2.05) is 24.3 Å². The average Bonchev–Trinajstić information content (AvgIpc) is 3.05. The Morgan fingerprint density at radius 1 is 1.26 bits per heavy atom. The summed E-state index contributed by atoms with van der Waals surface area (Å²) in [4.78, 5) is 37.3. The molecule has 1 N–H and O–H groups in total. The summed E-state index contributed by atoms with van der Waals surface area (Å²) in [5, 5.41) is 13.9. The zero-order valence-corrected chi connectivity index (χ0v) is 15.3. The van der Waals surface area contributed by atoms with Crippen molar-refractivity contribution in [2.75, 3.05) is 16.8 Å². The predicted octanol–water partition coefficient (Wildman–Crippen LogP) is 3.46. The Kier molecular flexibility index (Phi) is 5.21. The van der Waals surface area contributed by atoms with Crippen LogP contribution in [0.15, 0.2) is 42.5 Å². The van der Waals surface area contributed by atoms with E-state index in [4.69, 9.17) is 0 Å². The molecule has 1 fully saturated rings. The summed E-state index contributed by atoms with van der Waals surface area (Å²) in [6, 6.07) is 12.3. The van der Waals surface area contributed by atoms with Gasteiger partial charge in [0, 0.05) is 24.7 Å². The summed E-state index contributed by atoms with van der Waals surface area (Å²) in [6.07, 6.45) is 0.996. The molecule has 0 spiro atoms. The van der Waals surface area contributed by atoms with Crippen LogP contribution in [0.4, 0.5) is 17.1 Å². The van der Waals surface area contributed by atoms with Crippen LogP contribution in [0.2, 0.25) is 0 Å². The molecule has 1 atom stereocenters. The Balaban J connectivity index is 1.75. The molecule has 0 radical (unpaired) electrons. The van der Waals surface area contributed by atoms with Gasteiger partial charge >= 0.3 is 0 Å². The van der Waals surface area contributed by atoms with Crippen LogP contribution in [-0.4, -0.2) is 23.3 Å². The van der Waals surface area contributed by atoms with Crippen molar-refractivity contribution in [2.45, 2.75) is 26.7 Å². The molecule has 0 aromatic heterocycles. The van der Waals surface area contributed by atoms with Gasteiger partial charge < -0.3 is 10.2 Å². The number of nitrogens with zero attached hydrogens (tertiary/aromatic N) is 2. The van der Waals surface area contributed by atoms with E-state index in [-0.39, 0.29) is 36.2 Å². The molecular weight excluding hydrogens is 346 g/mol. The maximum absolute atomic E-state index is 12.7.